The van der Waals surface area contributed by atoms with Crippen LogP contribution in [0.15, 0.2) is 78.9 Å². The first-order valence-corrected chi connectivity index (χ1v) is 13.1. The largest absolute Gasteiger partial charge is 0.425 e. The minimum Gasteiger partial charge on any atom is -0.425 e. The van der Waals surface area contributed by atoms with Crippen molar-refractivity contribution in [2.75, 3.05) is 0 Å². The fourth-order valence-electron chi connectivity index (χ4n) is 5.19. The Morgan fingerprint density at radius 3 is 1.86 bits per heavy atom. The normalized spacial score (nSPS) is 19.4. The van der Waals surface area contributed by atoms with Crippen LogP contribution < -0.4 is 5.46 Å². The smallest absolute Gasteiger partial charge is 0.327 e. The van der Waals surface area contributed by atoms with Crippen molar-refractivity contribution in [1.82, 2.24) is 15.0 Å². The van der Waals surface area contributed by atoms with Crippen LogP contribution in [0.25, 0.3) is 34.2 Å². The maximum Gasteiger partial charge on any atom is 0.327 e. The Morgan fingerprint density at radius 2 is 1.32 bits per heavy atom. The van der Waals surface area contributed by atoms with Crippen LogP contribution in [0.3, 0.4) is 0 Å². The van der Waals surface area contributed by atoms with Crippen LogP contribution in [-0.4, -0.2) is 27.5 Å². The lowest BCUT2D eigenvalue weighted by Crippen LogP contribution is -2.48. The van der Waals surface area contributed by atoms with Crippen LogP contribution in [0.1, 0.15) is 47.0 Å². The molecule has 188 valence electrons. The minimum absolute atomic E-state index is 0.0377. The first-order valence-electron chi connectivity index (χ1n) is 13.1. The lowest BCUT2D eigenvalue weighted by Gasteiger charge is -2.44. The zero-order chi connectivity index (χ0) is 26.0. The lowest BCUT2D eigenvalue weighted by atomic mass is 9.57. The number of hydrogen-bond acceptors (Lipinski definition) is 4. The number of halogens is 1. The summed E-state index contributed by atoms with van der Waals surface area (Å²) in [6.07, 6.45) is 3.85. The molecule has 4 aromatic rings. The monoisotopic (exact) mass is 493 g/mol. The van der Waals surface area contributed by atoms with Gasteiger partial charge in [-0.15, -0.1) is 0 Å². The molecule has 1 fully saturated rings. The van der Waals surface area contributed by atoms with Gasteiger partial charge >= 0.3 is 6.92 Å². The quantitative estimate of drug-likeness (QED) is 0.276. The van der Waals surface area contributed by atoms with Crippen LogP contribution in [0.4, 0.5) is 4.39 Å². The molecule has 0 amide bonds. The van der Waals surface area contributed by atoms with Crippen molar-refractivity contribution in [2.45, 2.75) is 58.9 Å². The summed E-state index contributed by atoms with van der Waals surface area (Å²) in [6, 6.07) is 24.7. The second-order valence-corrected chi connectivity index (χ2v) is 10.8. The molecule has 5 rings (SSSR count). The van der Waals surface area contributed by atoms with Crippen LogP contribution in [0.5, 0.6) is 0 Å². The molecule has 0 aliphatic carbocycles. The van der Waals surface area contributed by atoms with Gasteiger partial charge in [0, 0.05) is 16.7 Å². The van der Waals surface area contributed by atoms with Gasteiger partial charge in [0.25, 0.3) is 0 Å². The van der Waals surface area contributed by atoms with Crippen LogP contribution >= 0.6 is 0 Å². The van der Waals surface area contributed by atoms with Crippen LogP contribution in [-0.2, 0) is 4.65 Å². The highest BCUT2D eigenvalue weighted by Gasteiger charge is 2.45. The first-order chi connectivity index (χ1) is 17.8. The van der Waals surface area contributed by atoms with E-state index < -0.39 is 0 Å². The molecule has 3 aromatic carbocycles. The fourth-order valence-corrected chi connectivity index (χ4v) is 5.19. The third-order valence-electron chi connectivity index (χ3n) is 8.03. The molecular formula is C31H33BFN3O. The lowest BCUT2D eigenvalue weighted by molar-refractivity contribution is -0.0295. The number of nitrogens with zero attached hydrogens (tertiary/aromatic N) is 3. The van der Waals surface area contributed by atoms with Crippen molar-refractivity contribution in [3.05, 3.63) is 84.7 Å². The Bertz CT molecular complexity index is 1320. The summed E-state index contributed by atoms with van der Waals surface area (Å²) < 4.78 is 21.9. The summed E-state index contributed by atoms with van der Waals surface area (Å²) in [5, 5.41) is 0. The van der Waals surface area contributed by atoms with Gasteiger partial charge in [-0.05, 0) is 49.1 Å². The average Bonchev–Trinajstić information content (AvgIpc) is 3.04. The number of aromatic nitrogens is 3. The summed E-state index contributed by atoms with van der Waals surface area (Å²) in [5.41, 5.74) is 2.96. The molecule has 6 heteroatoms. The second kappa shape index (κ2) is 10.2. The summed E-state index contributed by atoms with van der Waals surface area (Å²) in [5.74, 6) is 1.24. The van der Waals surface area contributed by atoms with E-state index in [1.165, 1.54) is 6.07 Å². The fraction of sp³-hybridized carbons (Fsp3) is 0.323. The molecule has 0 bridgehead atoms. The molecule has 4 nitrogen and oxygen atoms in total. The second-order valence-electron chi connectivity index (χ2n) is 10.8. The van der Waals surface area contributed by atoms with Crippen molar-refractivity contribution in [3.8, 4) is 34.2 Å². The molecule has 1 aromatic heterocycles. The molecule has 0 saturated carbocycles. The SMILES string of the molecule is CCC1(C)OB(c2cc(F)cc(-c3nc(-c4ccccc4)nc(-c4ccccc4)n3)c2)CCCC1(C)C. The Morgan fingerprint density at radius 1 is 0.784 bits per heavy atom. The Kier molecular flexibility index (Phi) is 6.95. The highest BCUT2D eigenvalue weighted by Crippen LogP contribution is 2.44. The van der Waals surface area contributed by atoms with Crippen molar-refractivity contribution in [3.63, 3.8) is 0 Å². The molecule has 2 heterocycles. The molecule has 0 spiro atoms. The first kappa shape index (κ1) is 25.3. The van der Waals surface area contributed by atoms with Crippen LogP contribution in [0, 0.1) is 11.2 Å². The van der Waals surface area contributed by atoms with E-state index in [1.807, 2.05) is 66.7 Å². The van der Waals surface area contributed by atoms with Gasteiger partial charge in [-0.2, -0.15) is 0 Å². The average molecular weight is 493 g/mol. The highest BCUT2D eigenvalue weighted by atomic mass is 19.1. The minimum atomic E-state index is -0.319. The summed E-state index contributed by atoms with van der Waals surface area (Å²) >= 11 is 0. The molecule has 0 radical (unpaired) electrons. The van der Waals surface area contributed by atoms with Gasteiger partial charge in [-0.25, -0.2) is 19.3 Å². The topological polar surface area (TPSA) is 47.9 Å². The predicted molar refractivity (Wildman–Crippen MR) is 149 cm³/mol. The zero-order valence-electron chi connectivity index (χ0n) is 22.0. The van der Waals surface area contributed by atoms with Gasteiger partial charge in [0.1, 0.15) is 5.82 Å². The molecule has 1 unspecified atom stereocenters. The molecule has 1 saturated heterocycles. The maximum atomic E-state index is 15.1. The van der Waals surface area contributed by atoms with Gasteiger partial charge in [0.15, 0.2) is 17.5 Å². The van der Waals surface area contributed by atoms with Gasteiger partial charge in [0.2, 0.25) is 0 Å². The van der Waals surface area contributed by atoms with Gasteiger partial charge in [0.05, 0.1) is 5.60 Å². The Labute approximate surface area is 219 Å². The zero-order valence-corrected chi connectivity index (χ0v) is 22.0. The Hall–Kier alpha value is -3.38. The van der Waals surface area contributed by atoms with Gasteiger partial charge in [-0.3, -0.25) is 0 Å². The molecule has 37 heavy (non-hydrogen) atoms. The van der Waals surface area contributed by atoms with E-state index in [0.29, 0.717) is 23.0 Å². The van der Waals surface area contributed by atoms with E-state index in [-0.39, 0.29) is 23.7 Å². The van der Waals surface area contributed by atoms with E-state index in [1.54, 1.807) is 6.07 Å². The standard InChI is InChI=1S/C31H33BFN3O/c1-5-31(4)30(2,3)17-12-18-32(37-31)25-19-24(20-26(33)21-25)29-35-27(22-13-8-6-9-14-22)34-28(36-29)23-15-10-7-11-16-23/h6-11,13-16,19-21H,5,12,17-18H2,1-4H3. The van der Waals surface area contributed by atoms with E-state index in [2.05, 4.69) is 27.7 Å². The predicted octanol–water partition coefficient (Wildman–Crippen LogP) is 7.22. The van der Waals surface area contributed by atoms with E-state index in [0.717, 1.165) is 42.2 Å². The molecule has 1 atom stereocenters. The Balaban J connectivity index is 1.60. The molecular weight excluding hydrogens is 460 g/mol. The maximum absolute atomic E-state index is 15.1. The van der Waals surface area contributed by atoms with Crippen molar-refractivity contribution < 1.29 is 9.04 Å². The third kappa shape index (κ3) is 5.21. The summed E-state index contributed by atoms with van der Waals surface area (Å²) in [6.45, 7) is 8.72. The highest BCUT2D eigenvalue weighted by molar-refractivity contribution is 6.67. The summed E-state index contributed by atoms with van der Waals surface area (Å²) in [4.78, 5) is 14.3. The van der Waals surface area contributed by atoms with E-state index in [9.17, 15) is 0 Å². The molecule has 0 N–H and O–H groups in total. The summed E-state index contributed by atoms with van der Waals surface area (Å²) in [7, 11) is 0. The number of hydrogen-bond donors (Lipinski definition) is 0. The van der Waals surface area contributed by atoms with Crippen molar-refractivity contribution in [1.29, 1.82) is 0 Å². The van der Waals surface area contributed by atoms with Crippen LogP contribution in [0.2, 0.25) is 6.32 Å². The van der Waals surface area contributed by atoms with Crippen molar-refractivity contribution >= 4 is 12.4 Å². The van der Waals surface area contributed by atoms with E-state index >= 15 is 4.39 Å². The number of rotatable bonds is 5. The number of benzene rings is 3. The van der Waals surface area contributed by atoms with Gasteiger partial charge in [-0.1, -0.05) is 93.9 Å². The molecule has 1 aliphatic rings. The molecule has 1 aliphatic heterocycles. The third-order valence-corrected chi connectivity index (χ3v) is 8.03. The van der Waals surface area contributed by atoms with Gasteiger partial charge < -0.3 is 4.65 Å². The van der Waals surface area contributed by atoms with E-state index in [4.69, 9.17) is 19.6 Å². The van der Waals surface area contributed by atoms with Crippen molar-refractivity contribution in [2.24, 2.45) is 5.41 Å².